The van der Waals surface area contributed by atoms with Crippen molar-refractivity contribution in [1.29, 1.82) is 0 Å². The maximum absolute atomic E-state index is 12.5. The van der Waals surface area contributed by atoms with E-state index in [0.717, 1.165) is 18.0 Å². The minimum Gasteiger partial charge on any atom is -0.495 e. The highest BCUT2D eigenvalue weighted by Gasteiger charge is 2.21. The van der Waals surface area contributed by atoms with E-state index in [1.165, 1.54) is 43.9 Å². The number of aromatic nitrogens is 3. The average molecular weight is 375 g/mol. The van der Waals surface area contributed by atoms with Crippen molar-refractivity contribution in [2.75, 3.05) is 13.7 Å². The molecule has 1 N–H and O–H groups in total. The second kappa shape index (κ2) is 9.07. The van der Waals surface area contributed by atoms with Crippen LogP contribution in [0.2, 0.25) is 0 Å². The highest BCUT2D eigenvalue weighted by atomic mass is 32.2. The Bertz CT molecular complexity index is 728. The van der Waals surface area contributed by atoms with Crippen molar-refractivity contribution in [3.8, 4) is 11.4 Å². The lowest BCUT2D eigenvalue weighted by Gasteiger charge is -2.22. The van der Waals surface area contributed by atoms with Crippen LogP contribution < -0.4 is 10.1 Å². The zero-order valence-electron chi connectivity index (χ0n) is 15.4. The van der Waals surface area contributed by atoms with Crippen LogP contribution in [0.3, 0.4) is 0 Å². The van der Waals surface area contributed by atoms with Gasteiger partial charge in [-0.2, -0.15) is 0 Å². The number of para-hydroxylation sites is 2. The third kappa shape index (κ3) is 4.58. The molecule has 0 bridgehead atoms. The summed E-state index contributed by atoms with van der Waals surface area (Å²) in [7, 11) is 1.64. The molecule has 1 aliphatic rings. The molecule has 1 atom stereocenters. The molecule has 0 unspecified atom stereocenters. The smallest absolute Gasteiger partial charge is 0.233 e. The molecule has 1 amide bonds. The molecule has 1 saturated carbocycles. The number of amides is 1. The molecule has 0 spiro atoms. The number of carbonyl (C=O) groups excluding carboxylic acids is 1. The van der Waals surface area contributed by atoms with Crippen LogP contribution >= 0.6 is 11.8 Å². The van der Waals surface area contributed by atoms with Crippen molar-refractivity contribution in [3.63, 3.8) is 0 Å². The Balaban J connectivity index is 1.62. The van der Waals surface area contributed by atoms with Gasteiger partial charge in [-0.05, 0) is 37.8 Å². The van der Waals surface area contributed by atoms with E-state index in [0.29, 0.717) is 11.1 Å². The monoisotopic (exact) mass is 374 g/mol. The summed E-state index contributed by atoms with van der Waals surface area (Å²) in [4.78, 5) is 12.5. The van der Waals surface area contributed by atoms with Crippen LogP contribution in [0.4, 0.5) is 0 Å². The maximum atomic E-state index is 12.5. The standard InChI is InChI=1S/C19H26N4O2S/c1-14(18(24)20-12-15-8-4-3-5-9-15)26-19-22-21-13-23(19)16-10-6-7-11-17(16)25-2/h6-7,10-11,13-15H,3-5,8-9,12H2,1-2H3,(H,20,24)/t14-/m0/s1. The topological polar surface area (TPSA) is 69.0 Å². The van der Waals surface area contributed by atoms with E-state index in [2.05, 4.69) is 15.5 Å². The molecule has 7 heteroatoms. The van der Waals surface area contributed by atoms with E-state index in [1.54, 1.807) is 13.4 Å². The lowest BCUT2D eigenvalue weighted by molar-refractivity contribution is -0.120. The molecule has 6 nitrogen and oxygen atoms in total. The normalized spacial score (nSPS) is 16.2. The molecule has 0 radical (unpaired) electrons. The fraction of sp³-hybridized carbons (Fsp3) is 0.526. The lowest BCUT2D eigenvalue weighted by atomic mass is 9.89. The molecule has 0 saturated heterocycles. The fourth-order valence-electron chi connectivity index (χ4n) is 3.29. The first-order valence-corrected chi connectivity index (χ1v) is 10.0. The predicted octanol–water partition coefficient (Wildman–Crippen LogP) is 3.45. The minimum atomic E-state index is -0.240. The van der Waals surface area contributed by atoms with Gasteiger partial charge < -0.3 is 10.1 Å². The van der Waals surface area contributed by atoms with E-state index in [1.807, 2.05) is 35.8 Å². The molecule has 140 valence electrons. The largest absolute Gasteiger partial charge is 0.495 e. The third-order valence-electron chi connectivity index (χ3n) is 4.80. The van der Waals surface area contributed by atoms with Gasteiger partial charge in [0.1, 0.15) is 12.1 Å². The quantitative estimate of drug-likeness (QED) is 0.752. The zero-order valence-corrected chi connectivity index (χ0v) is 16.2. The zero-order chi connectivity index (χ0) is 18.4. The third-order valence-corrected chi connectivity index (χ3v) is 5.86. The number of methoxy groups -OCH3 is 1. The molecule has 1 fully saturated rings. The number of nitrogens with zero attached hydrogens (tertiary/aromatic N) is 3. The number of nitrogens with one attached hydrogen (secondary N) is 1. The van der Waals surface area contributed by atoms with Gasteiger partial charge in [0.15, 0.2) is 5.16 Å². The molecule has 1 aliphatic carbocycles. The molecule has 26 heavy (non-hydrogen) atoms. The van der Waals surface area contributed by atoms with Gasteiger partial charge >= 0.3 is 0 Å². The summed E-state index contributed by atoms with van der Waals surface area (Å²) in [6, 6.07) is 7.69. The van der Waals surface area contributed by atoms with Gasteiger partial charge in [0, 0.05) is 6.54 Å². The number of carbonyl (C=O) groups is 1. The number of hydrogen-bond acceptors (Lipinski definition) is 5. The van der Waals surface area contributed by atoms with E-state index in [4.69, 9.17) is 4.74 Å². The van der Waals surface area contributed by atoms with Crippen LogP contribution in [0.15, 0.2) is 35.7 Å². The van der Waals surface area contributed by atoms with Gasteiger partial charge in [-0.25, -0.2) is 0 Å². The summed E-state index contributed by atoms with van der Waals surface area (Å²) in [6.07, 6.45) is 8.00. The molecule has 2 aromatic rings. The van der Waals surface area contributed by atoms with Crippen molar-refractivity contribution in [2.24, 2.45) is 5.92 Å². The molecule has 1 heterocycles. The second-order valence-electron chi connectivity index (χ2n) is 6.66. The van der Waals surface area contributed by atoms with Crippen LogP contribution in [-0.2, 0) is 4.79 Å². The summed E-state index contributed by atoms with van der Waals surface area (Å²) in [5.74, 6) is 1.42. The van der Waals surface area contributed by atoms with E-state index >= 15 is 0 Å². The van der Waals surface area contributed by atoms with E-state index in [9.17, 15) is 4.79 Å². The molecular weight excluding hydrogens is 348 g/mol. The van der Waals surface area contributed by atoms with Gasteiger partial charge in [0.25, 0.3) is 0 Å². The number of benzene rings is 1. The summed E-state index contributed by atoms with van der Waals surface area (Å²) in [6.45, 7) is 2.69. The molecule has 1 aromatic heterocycles. The highest BCUT2D eigenvalue weighted by molar-refractivity contribution is 8.00. The summed E-state index contributed by atoms with van der Waals surface area (Å²) >= 11 is 1.41. The Morgan fingerprint density at radius 1 is 1.35 bits per heavy atom. The Labute approximate surface area is 158 Å². The Hall–Kier alpha value is -2.02. The predicted molar refractivity (Wildman–Crippen MR) is 103 cm³/mol. The number of rotatable bonds is 7. The van der Waals surface area contributed by atoms with Gasteiger partial charge in [0.2, 0.25) is 5.91 Å². The molecule has 3 rings (SSSR count). The van der Waals surface area contributed by atoms with Crippen molar-refractivity contribution in [2.45, 2.75) is 49.4 Å². The maximum Gasteiger partial charge on any atom is 0.233 e. The summed E-state index contributed by atoms with van der Waals surface area (Å²) in [5.41, 5.74) is 0.859. The van der Waals surface area contributed by atoms with Gasteiger partial charge in [-0.3, -0.25) is 9.36 Å². The number of hydrogen-bond donors (Lipinski definition) is 1. The number of ether oxygens (including phenoxy) is 1. The fourth-order valence-corrected chi connectivity index (χ4v) is 4.15. The van der Waals surface area contributed by atoms with Gasteiger partial charge in [-0.15, -0.1) is 10.2 Å². The average Bonchev–Trinajstić information content (AvgIpc) is 3.14. The Kier molecular flexibility index (Phi) is 6.55. The number of thioether (sulfide) groups is 1. The van der Waals surface area contributed by atoms with Crippen molar-refractivity contribution >= 4 is 17.7 Å². The first-order valence-electron chi connectivity index (χ1n) is 9.17. The van der Waals surface area contributed by atoms with E-state index in [-0.39, 0.29) is 11.2 Å². The van der Waals surface area contributed by atoms with Crippen molar-refractivity contribution in [3.05, 3.63) is 30.6 Å². The van der Waals surface area contributed by atoms with E-state index < -0.39 is 0 Å². The van der Waals surface area contributed by atoms with Gasteiger partial charge in [-0.1, -0.05) is 43.2 Å². The Morgan fingerprint density at radius 3 is 2.88 bits per heavy atom. The summed E-state index contributed by atoms with van der Waals surface area (Å²) < 4.78 is 7.27. The molecule has 0 aliphatic heterocycles. The minimum absolute atomic E-state index is 0.0511. The van der Waals surface area contributed by atoms with Crippen LogP contribution in [-0.4, -0.2) is 39.6 Å². The molecular formula is C19H26N4O2S. The van der Waals surface area contributed by atoms with Crippen molar-refractivity contribution in [1.82, 2.24) is 20.1 Å². The van der Waals surface area contributed by atoms with Crippen LogP contribution in [0.5, 0.6) is 5.75 Å². The van der Waals surface area contributed by atoms with Gasteiger partial charge in [0.05, 0.1) is 18.0 Å². The van der Waals surface area contributed by atoms with Crippen LogP contribution in [0, 0.1) is 5.92 Å². The summed E-state index contributed by atoms with van der Waals surface area (Å²) in [5, 5.41) is 11.7. The SMILES string of the molecule is COc1ccccc1-n1cnnc1S[C@@H](C)C(=O)NCC1CCCCC1. The first-order chi connectivity index (χ1) is 12.7. The van der Waals surface area contributed by atoms with Crippen LogP contribution in [0.1, 0.15) is 39.0 Å². The molecule has 1 aromatic carbocycles. The second-order valence-corrected chi connectivity index (χ2v) is 7.97. The Morgan fingerprint density at radius 2 is 2.12 bits per heavy atom. The van der Waals surface area contributed by atoms with Crippen LogP contribution in [0.25, 0.3) is 5.69 Å². The highest BCUT2D eigenvalue weighted by Crippen LogP contribution is 2.29. The van der Waals surface area contributed by atoms with Crippen molar-refractivity contribution < 1.29 is 9.53 Å². The lowest BCUT2D eigenvalue weighted by Crippen LogP contribution is -2.35. The first kappa shape index (κ1) is 18.8.